The van der Waals surface area contributed by atoms with Crippen molar-refractivity contribution in [1.29, 1.82) is 0 Å². The molecule has 1 amide bonds. The van der Waals surface area contributed by atoms with Crippen molar-refractivity contribution in [3.05, 3.63) is 63.2 Å². The number of carbonyl (C=O) groups is 1. The van der Waals surface area contributed by atoms with Crippen LogP contribution < -0.4 is 10.1 Å². The zero-order valence-corrected chi connectivity index (χ0v) is 15.9. The van der Waals surface area contributed by atoms with Crippen molar-refractivity contribution in [3.8, 4) is 5.75 Å². The van der Waals surface area contributed by atoms with Crippen LogP contribution in [0.15, 0.2) is 36.4 Å². The third kappa shape index (κ3) is 4.98. The number of anilines is 1. The first-order valence-corrected chi connectivity index (χ1v) is 9.39. The number of hydrogen-bond acceptors (Lipinski definition) is 5. The summed E-state index contributed by atoms with van der Waals surface area (Å²) in [5, 5.41) is 14.0. The molecule has 2 rings (SSSR count). The second-order valence-electron chi connectivity index (χ2n) is 5.77. The minimum atomic E-state index is -0.468. The number of nitrogens with zero attached hydrogens (tertiary/aromatic N) is 1. The number of methoxy groups -OCH3 is 1. The van der Waals surface area contributed by atoms with Gasteiger partial charge in [-0.1, -0.05) is 31.2 Å². The van der Waals surface area contributed by atoms with Crippen LogP contribution in [0.4, 0.5) is 11.4 Å². The van der Waals surface area contributed by atoms with E-state index >= 15 is 0 Å². The van der Waals surface area contributed by atoms with Gasteiger partial charge < -0.3 is 10.1 Å². The standard InChI is InChI=1S/C19H22N2O4S/c1-4-15-7-5-6-13(2)19(15)20-18(22)12-26-11-14-8-9-17(25-3)16(10-14)21(23)24/h5-10H,4,11-12H2,1-3H3,(H,20,22). The summed E-state index contributed by atoms with van der Waals surface area (Å²) in [7, 11) is 1.40. The zero-order valence-electron chi connectivity index (χ0n) is 15.1. The van der Waals surface area contributed by atoms with Crippen molar-refractivity contribution in [1.82, 2.24) is 0 Å². The SMILES string of the molecule is CCc1cccc(C)c1NC(=O)CSCc1ccc(OC)c([N+](=O)[O-])c1. The lowest BCUT2D eigenvalue weighted by molar-refractivity contribution is -0.385. The molecule has 0 heterocycles. The monoisotopic (exact) mass is 374 g/mol. The highest BCUT2D eigenvalue weighted by Gasteiger charge is 2.15. The van der Waals surface area contributed by atoms with E-state index in [9.17, 15) is 14.9 Å². The molecule has 0 unspecified atom stereocenters. The minimum Gasteiger partial charge on any atom is -0.490 e. The Morgan fingerprint density at radius 2 is 2.08 bits per heavy atom. The van der Waals surface area contributed by atoms with Crippen molar-refractivity contribution < 1.29 is 14.5 Å². The molecule has 26 heavy (non-hydrogen) atoms. The first kappa shape index (κ1) is 19.8. The van der Waals surface area contributed by atoms with Gasteiger partial charge >= 0.3 is 5.69 Å². The van der Waals surface area contributed by atoms with Crippen LogP contribution in [0, 0.1) is 17.0 Å². The van der Waals surface area contributed by atoms with Crippen molar-refractivity contribution in [3.63, 3.8) is 0 Å². The number of nitro benzene ring substituents is 1. The van der Waals surface area contributed by atoms with Gasteiger partial charge in [0.15, 0.2) is 5.75 Å². The van der Waals surface area contributed by atoms with E-state index in [-0.39, 0.29) is 23.1 Å². The first-order chi connectivity index (χ1) is 12.5. The highest BCUT2D eigenvalue weighted by Crippen LogP contribution is 2.29. The third-order valence-electron chi connectivity index (χ3n) is 3.95. The highest BCUT2D eigenvalue weighted by atomic mass is 32.2. The first-order valence-electron chi connectivity index (χ1n) is 8.23. The molecule has 0 radical (unpaired) electrons. The Hall–Kier alpha value is -2.54. The van der Waals surface area contributed by atoms with Gasteiger partial charge in [-0.15, -0.1) is 11.8 Å². The minimum absolute atomic E-state index is 0.0671. The van der Waals surface area contributed by atoms with E-state index in [4.69, 9.17) is 4.74 Å². The molecule has 0 bridgehead atoms. The number of hydrogen-bond donors (Lipinski definition) is 1. The number of amides is 1. The maximum absolute atomic E-state index is 12.2. The van der Waals surface area contributed by atoms with E-state index in [0.717, 1.165) is 28.8 Å². The van der Waals surface area contributed by atoms with Crippen molar-refractivity contribution >= 4 is 29.0 Å². The maximum atomic E-state index is 12.2. The molecule has 0 saturated heterocycles. The predicted molar refractivity (Wildman–Crippen MR) is 105 cm³/mol. The summed E-state index contributed by atoms with van der Waals surface area (Å²) in [4.78, 5) is 22.8. The summed E-state index contributed by atoms with van der Waals surface area (Å²) in [5.74, 6) is 0.930. The smallest absolute Gasteiger partial charge is 0.311 e. The van der Waals surface area contributed by atoms with Crippen LogP contribution in [0.1, 0.15) is 23.6 Å². The Labute approximate surface area is 157 Å². The molecule has 0 aliphatic carbocycles. The number of thioether (sulfide) groups is 1. The number of rotatable bonds is 8. The number of nitro groups is 1. The van der Waals surface area contributed by atoms with E-state index in [1.165, 1.54) is 24.9 Å². The van der Waals surface area contributed by atoms with Gasteiger partial charge in [-0.05, 0) is 36.1 Å². The van der Waals surface area contributed by atoms with E-state index in [1.807, 2.05) is 25.1 Å². The molecule has 0 aliphatic heterocycles. The third-order valence-corrected chi connectivity index (χ3v) is 4.95. The molecule has 0 atom stereocenters. The number of ether oxygens (including phenoxy) is 1. The molecule has 138 valence electrons. The van der Waals surface area contributed by atoms with Gasteiger partial charge in [-0.2, -0.15) is 0 Å². The lowest BCUT2D eigenvalue weighted by Gasteiger charge is -2.13. The van der Waals surface area contributed by atoms with E-state index < -0.39 is 4.92 Å². The van der Waals surface area contributed by atoms with Gasteiger partial charge in [0.2, 0.25) is 5.91 Å². The predicted octanol–water partition coefficient (Wildman–Crippen LogP) is 4.35. The maximum Gasteiger partial charge on any atom is 0.311 e. The van der Waals surface area contributed by atoms with Gasteiger partial charge in [0.25, 0.3) is 0 Å². The van der Waals surface area contributed by atoms with Gasteiger partial charge in [0.1, 0.15) is 0 Å². The van der Waals surface area contributed by atoms with Crippen LogP contribution in [0.25, 0.3) is 0 Å². The summed E-state index contributed by atoms with van der Waals surface area (Å²) < 4.78 is 4.99. The second-order valence-corrected chi connectivity index (χ2v) is 6.75. The van der Waals surface area contributed by atoms with Gasteiger partial charge in [-0.25, -0.2) is 0 Å². The Kier molecular flexibility index (Phi) is 7.03. The van der Waals surface area contributed by atoms with Crippen LogP contribution in [0.3, 0.4) is 0 Å². The second kappa shape index (κ2) is 9.24. The fraction of sp³-hybridized carbons (Fsp3) is 0.316. The van der Waals surface area contributed by atoms with Crippen LogP contribution >= 0.6 is 11.8 Å². The average molecular weight is 374 g/mol. The molecule has 0 aliphatic rings. The molecule has 0 aromatic heterocycles. The Morgan fingerprint density at radius 3 is 2.73 bits per heavy atom. The summed E-state index contributed by atoms with van der Waals surface area (Å²) in [6.45, 7) is 4.02. The van der Waals surface area contributed by atoms with Gasteiger partial charge in [-0.3, -0.25) is 14.9 Å². The molecular formula is C19H22N2O4S. The zero-order chi connectivity index (χ0) is 19.1. The normalized spacial score (nSPS) is 10.4. The number of nitrogens with one attached hydrogen (secondary N) is 1. The molecule has 0 saturated carbocycles. The van der Waals surface area contributed by atoms with Crippen molar-refractivity contribution in [2.24, 2.45) is 0 Å². The fourth-order valence-electron chi connectivity index (χ4n) is 2.61. The number of carbonyl (C=O) groups excluding carboxylic acids is 1. The van der Waals surface area contributed by atoms with Crippen LogP contribution in [0.2, 0.25) is 0 Å². The van der Waals surface area contributed by atoms with Crippen molar-refractivity contribution in [2.45, 2.75) is 26.0 Å². The summed E-state index contributed by atoms with van der Waals surface area (Å²) >= 11 is 1.41. The average Bonchev–Trinajstić information content (AvgIpc) is 2.63. The quantitative estimate of drug-likeness (QED) is 0.549. The molecule has 2 aromatic rings. The lowest BCUT2D eigenvalue weighted by Crippen LogP contribution is -2.16. The molecule has 2 aromatic carbocycles. The fourth-order valence-corrected chi connectivity index (χ4v) is 3.38. The molecule has 0 spiro atoms. The summed E-state index contributed by atoms with van der Waals surface area (Å²) in [5.41, 5.74) is 3.73. The number of benzene rings is 2. The molecular weight excluding hydrogens is 352 g/mol. The summed E-state index contributed by atoms with van der Waals surface area (Å²) in [6.07, 6.45) is 0.847. The van der Waals surface area contributed by atoms with E-state index in [1.54, 1.807) is 12.1 Å². The van der Waals surface area contributed by atoms with Gasteiger partial charge in [0.05, 0.1) is 17.8 Å². The van der Waals surface area contributed by atoms with Crippen LogP contribution in [-0.2, 0) is 17.0 Å². The Morgan fingerprint density at radius 1 is 1.31 bits per heavy atom. The lowest BCUT2D eigenvalue weighted by atomic mass is 10.1. The summed E-state index contributed by atoms with van der Waals surface area (Å²) in [6, 6.07) is 10.8. The molecule has 6 nitrogen and oxygen atoms in total. The highest BCUT2D eigenvalue weighted by molar-refractivity contribution is 7.99. The molecule has 7 heteroatoms. The van der Waals surface area contributed by atoms with Crippen molar-refractivity contribution in [2.75, 3.05) is 18.2 Å². The number of aryl methyl sites for hydroxylation is 2. The number of para-hydroxylation sites is 1. The van der Waals surface area contributed by atoms with Gasteiger partial charge in [0, 0.05) is 17.5 Å². The topological polar surface area (TPSA) is 81.5 Å². The molecule has 1 N–H and O–H groups in total. The van der Waals surface area contributed by atoms with Crippen LogP contribution in [-0.4, -0.2) is 23.7 Å². The van der Waals surface area contributed by atoms with E-state index in [0.29, 0.717) is 5.75 Å². The Bertz CT molecular complexity index is 808. The Balaban J connectivity index is 1.95. The molecule has 0 fully saturated rings. The van der Waals surface area contributed by atoms with E-state index in [2.05, 4.69) is 12.2 Å². The van der Waals surface area contributed by atoms with Crippen LogP contribution in [0.5, 0.6) is 5.75 Å². The largest absolute Gasteiger partial charge is 0.490 e.